The fourth-order valence-electron chi connectivity index (χ4n) is 5.25. The zero-order valence-corrected chi connectivity index (χ0v) is 26.3. The Labute approximate surface area is 266 Å². The Kier molecular flexibility index (Phi) is 12.3. The van der Waals surface area contributed by atoms with Gasteiger partial charge >= 0.3 is 5.97 Å². The summed E-state index contributed by atoms with van der Waals surface area (Å²) in [5.41, 5.74) is 4.14. The van der Waals surface area contributed by atoms with Gasteiger partial charge in [-0.25, -0.2) is 4.79 Å². The molecule has 0 radical (unpaired) electrons. The van der Waals surface area contributed by atoms with Crippen LogP contribution in [0.15, 0.2) is 103 Å². The van der Waals surface area contributed by atoms with Gasteiger partial charge in [0.1, 0.15) is 11.8 Å². The van der Waals surface area contributed by atoms with Gasteiger partial charge in [-0.1, -0.05) is 80.6 Å². The molecule has 4 aromatic carbocycles. The highest BCUT2D eigenvalue weighted by atomic mass is 16.5. The number of para-hydroxylation sites is 2. The first kappa shape index (κ1) is 33.0. The third-order valence-corrected chi connectivity index (χ3v) is 7.84. The van der Waals surface area contributed by atoms with Crippen LogP contribution in [0.1, 0.15) is 65.0 Å². The summed E-state index contributed by atoms with van der Waals surface area (Å²) in [6, 6.07) is 30.8. The predicted molar refractivity (Wildman–Crippen MR) is 179 cm³/mol. The molecule has 0 aromatic heterocycles. The molecule has 0 amide bonds. The molecular formula is C38H42N2O5. The van der Waals surface area contributed by atoms with Crippen LogP contribution >= 0.6 is 0 Å². The zero-order chi connectivity index (χ0) is 32.0. The number of carbonyl (C=O) groups is 3. The van der Waals surface area contributed by atoms with E-state index >= 15 is 0 Å². The molecule has 0 aliphatic carbocycles. The molecule has 0 aliphatic rings. The fraction of sp³-hybridized carbons (Fsp3) is 0.289. The molecule has 1 atom stereocenters. The van der Waals surface area contributed by atoms with Crippen LogP contribution in [0.5, 0.6) is 5.75 Å². The molecule has 7 heteroatoms. The third kappa shape index (κ3) is 9.05. The Hall–Kier alpha value is -4.91. The molecule has 4 rings (SSSR count). The van der Waals surface area contributed by atoms with Gasteiger partial charge in [-0.2, -0.15) is 0 Å². The van der Waals surface area contributed by atoms with Gasteiger partial charge in [0.15, 0.2) is 11.6 Å². The minimum absolute atomic E-state index is 0.0394. The van der Waals surface area contributed by atoms with Crippen LogP contribution in [0.2, 0.25) is 0 Å². The van der Waals surface area contributed by atoms with Crippen LogP contribution in [0.3, 0.4) is 0 Å². The van der Waals surface area contributed by atoms with Gasteiger partial charge < -0.3 is 20.1 Å². The molecular weight excluding hydrogens is 564 g/mol. The number of Topliss-reactive ketones (excluding diaryl/α,β-unsaturated/α-hetero) is 1. The maximum absolute atomic E-state index is 13.2. The number of nitrogens with one attached hydrogen (secondary N) is 2. The lowest BCUT2D eigenvalue weighted by molar-refractivity contribution is -0.141. The van der Waals surface area contributed by atoms with E-state index in [4.69, 9.17) is 9.47 Å². The average Bonchev–Trinajstić information content (AvgIpc) is 3.09. The molecule has 7 nitrogen and oxygen atoms in total. The number of rotatable bonds is 17. The van der Waals surface area contributed by atoms with Gasteiger partial charge in [-0.05, 0) is 61.2 Å². The summed E-state index contributed by atoms with van der Waals surface area (Å²) in [7, 11) is 1.35. The van der Waals surface area contributed by atoms with Crippen LogP contribution in [-0.4, -0.2) is 43.8 Å². The summed E-state index contributed by atoms with van der Waals surface area (Å²) < 4.78 is 11.0. The van der Waals surface area contributed by atoms with Gasteiger partial charge in [0, 0.05) is 46.9 Å². The van der Waals surface area contributed by atoms with Crippen LogP contribution in [0, 0.1) is 5.92 Å². The van der Waals surface area contributed by atoms with Crippen LogP contribution < -0.4 is 15.4 Å². The van der Waals surface area contributed by atoms with Crippen molar-refractivity contribution in [2.75, 3.05) is 30.9 Å². The molecule has 234 valence electrons. The predicted octanol–water partition coefficient (Wildman–Crippen LogP) is 7.61. The smallest absolute Gasteiger partial charge is 0.328 e. The molecule has 1 unspecified atom stereocenters. The van der Waals surface area contributed by atoms with Gasteiger partial charge in [0.2, 0.25) is 0 Å². The van der Waals surface area contributed by atoms with Crippen molar-refractivity contribution in [1.29, 1.82) is 0 Å². The van der Waals surface area contributed by atoms with Crippen molar-refractivity contribution >= 4 is 28.9 Å². The Morgan fingerprint density at radius 3 is 2.02 bits per heavy atom. The van der Waals surface area contributed by atoms with Crippen molar-refractivity contribution in [3.63, 3.8) is 0 Å². The van der Waals surface area contributed by atoms with E-state index in [-0.39, 0.29) is 17.5 Å². The normalized spacial score (nSPS) is 11.5. The summed E-state index contributed by atoms with van der Waals surface area (Å²) in [4.78, 5) is 38.9. The number of benzene rings is 4. The number of carbonyl (C=O) groups excluding carboxylic acids is 3. The number of ketones is 2. The Bertz CT molecular complexity index is 1550. The van der Waals surface area contributed by atoms with Crippen molar-refractivity contribution in [3.8, 4) is 5.75 Å². The van der Waals surface area contributed by atoms with Crippen LogP contribution in [0.25, 0.3) is 0 Å². The highest BCUT2D eigenvalue weighted by molar-refractivity contribution is 6.12. The zero-order valence-electron chi connectivity index (χ0n) is 26.3. The van der Waals surface area contributed by atoms with Crippen LogP contribution in [0.4, 0.5) is 11.4 Å². The monoisotopic (exact) mass is 606 g/mol. The van der Waals surface area contributed by atoms with Crippen molar-refractivity contribution in [2.45, 2.75) is 45.6 Å². The van der Waals surface area contributed by atoms with E-state index in [0.29, 0.717) is 36.4 Å². The first-order chi connectivity index (χ1) is 21.9. The molecule has 0 aliphatic heterocycles. The van der Waals surface area contributed by atoms with E-state index < -0.39 is 12.0 Å². The number of hydrogen-bond donors (Lipinski definition) is 2. The van der Waals surface area contributed by atoms with E-state index in [9.17, 15) is 14.4 Å². The second-order valence-corrected chi connectivity index (χ2v) is 10.9. The second-order valence-electron chi connectivity index (χ2n) is 10.9. The van der Waals surface area contributed by atoms with Gasteiger partial charge in [0.05, 0.1) is 13.7 Å². The summed E-state index contributed by atoms with van der Waals surface area (Å²) >= 11 is 0. The van der Waals surface area contributed by atoms with E-state index in [0.717, 1.165) is 41.8 Å². The fourth-order valence-corrected chi connectivity index (χ4v) is 5.25. The highest BCUT2D eigenvalue weighted by Gasteiger charge is 2.23. The Morgan fingerprint density at radius 2 is 1.36 bits per heavy atom. The topological polar surface area (TPSA) is 93.7 Å². The molecule has 0 heterocycles. The molecule has 0 saturated heterocycles. The van der Waals surface area contributed by atoms with Crippen molar-refractivity contribution in [3.05, 3.63) is 125 Å². The first-order valence-corrected chi connectivity index (χ1v) is 15.6. The van der Waals surface area contributed by atoms with Crippen molar-refractivity contribution < 1.29 is 23.9 Å². The number of esters is 1. The third-order valence-electron chi connectivity index (χ3n) is 7.84. The molecule has 0 spiro atoms. The number of hydrogen-bond acceptors (Lipinski definition) is 7. The summed E-state index contributed by atoms with van der Waals surface area (Å²) in [5, 5.41) is 6.64. The highest BCUT2D eigenvalue weighted by Crippen LogP contribution is 2.24. The quantitative estimate of drug-likeness (QED) is 0.0726. The molecule has 0 saturated carbocycles. The number of methoxy groups -OCH3 is 1. The Balaban J connectivity index is 1.32. The average molecular weight is 607 g/mol. The SMILES string of the molecule is CCC(CC)C(=O)c1ccccc1NCCCOc1ccc(CC(Nc2ccccc2C(=O)c2ccccc2)C(=O)OC)cc1. The van der Waals surface area contributed by atoms with Crippen LogP contribution in [-0.2, 0) is 16.0 Å². The minimum atomic E-state index is -0.697. The lowest BCUT2D eigenvalue weighted by Gasteiger charge is -2.20. The van der Waals surface area contributed by atoms with Gasteiger partial charge in [-0.3, -0.25) is 9.59 Å². The summed E-state index contributed by atoms with van der Waals surface area (Å²) in [6.45, 7) is 5.29. The van der Waals surface area contributed by atoms with E-state index in [1.807, 2.05) is 72.8 Å². The van der Waals surface area contributed by atoms with E-state index in [2.05, 4.69) is 24.5 Å². The maximum atomic E-state index is 13.2. The molecule has 4 aromatic rings. The largest absolute Gasteiger partial charge is 0.494 e. The number of ether oxygens (including phenoxy) is 2. The van der Waals surface area contributed by atoms with E-state index in [1.54, 1.807) is 30.3 Å². The molecule has 0 bridgehead atoms. The second kappa shape index (κ2) is 16.8. The van der Waals surface area contributed by atoms with Crippen molar-refractivity contribution in [1.82, 2.24) is 0 Å². The standard InChI is InChI=1S/C38H42N2O5/c1-4-28(5-2)36(41)31-16-9-11-18-33(31)39-24-13-25-45-30-22-20-27(21-23-30)26-35(38(43)44-3)40-34-19-12-10-17-32(34)37(42)29-14-7-6-8-15-29/h6-12,14-23,28,35,39-40H,4-5,13,24-26H2,1-3H3. The lowest BCUT2D eigenvalue weighted by atomic mass is 9.92. The number of anilines is 2. The summed E-state index contributed by atoms with van der Waals surface area (Å²) in [5.74, 6) is 0.405. The molecule has 0 fully saturated rings. The van der Waals surface area contributed by atoms with E-state index in [1.165, 1.54) is 7.11 Å². The van der Waals surface area contributed by atoms with Gasteiger partial charge in [0.25, 0.3) is 0 Å². The molecule has 2 N–H and O–H groups in total. The first-order valence-electron chi connectivity index (χ1n) is 15.6. The van der Waals surface area contributed by atoms with Gasteiger partial charge in [-0.15, -0.1) is 0 Å². The summed E-state index contributed by atoms with van der Waals surface area (Å²) in [6.07, 6.45) is 2.78. The molecule has 45 heavy (non-hydrogen) atoms. The maximum Gasteiger partial charge on any atom is 0.328 e. The Morgan fingerprint density at radius 1 is 0.733 bits per heavy atom. The van der Waals surface area contributed by atoms with Crippen molar-refractivity contribution in [2.24, 2.45) is 5.92 Å². The lowest BCUT2D eigenvalue weighted by Crippen LogP contribution is -2.33. The minimum Gasteiger partial charge on any atom is -0.494 e.